The third kappa shape index (κ3) is 6.31. The summed E-state index contributed by atoms with van der Waals surface area (Å²) in [6, 6.07) is 19.3. The highest BCUT2D eigenvalue weighted by Gasteiger charge is 2.33. The number of thiazole rings is 1. The number of benzene rings is 3. The predicted octanol–water partition coefficient (Wildman–Crippen LogP) is 6.08. The molecule has 1 aromatic heterocycles. The van der Waals surface area contributed by atoms with Gasteiger partial charge in [-0.15, -0.1) is 0 Å². The van der Waals surface area contributed by atoms with Crippen LogP contribution in [0.1, 0.15) is 43.5 Å². The third-order valence-corrected chi connectivity index (χ3v) is 8.06. The highest BCUT2D eigenvalue weighted by atomic mass is 35.5. The number of carbonyl (C=O) groups excluding carboxylic acids is 1. The summed E-state index contributed by atoms with van der Waals surface area (Å²) in [5.74, 6) is 0.638. The van der Waals surface area contributed by atoms with Crippen LogP contribution >= 0.6 is 34.5 Å². The Kier molecular flexibility index (Phi) is 9.16. The largest absolute Gasteiger partial charge is 0.490 e. The minimum atomic E-state index is -0.706. The molecule has 1 aliphatic rings. The molecule has 0 aliphatic carbocycles. The van der Waals surface area contributed by atoms with E-state index in [9.17, 15) is 9.59 Å². The number of hydrogen-bond acceptors (Lipinski definition) is 7. The average Bonchev–Trinajstić information content (AvgIpc) is 3.27. The summed E-state index contributed by atoms with van der Waals surface area (Å²) in [6.45, 7) is 6.39. The maximum absolute atomic E-state index is 13.9. The fraction of sp³-hybridized carbons (Fsp3) is 0.219. The van der Waals surface area contributed by atoms with Crippen molar-refractivity contribution in [2.45, 2.75) is 33.4 Å². The molecule has 216 valence electrons. The lowest BCUT2D eigenvalue weighted by atomic mass is 9.96. The first-order valence-electron chi connectivity index (χ1n) is 13.4. The maximum Gasteiger partial charge on any atom is 0.338 e. The van der Waals surface area contributed by atoms with Crippen LogP contribution in [0.5, 0.6) is 11.5 Å². The van der Waals surface area contributed by atoms with Crippen LogP contribution in [0.15, 0.2) is 87.8 Å². The molecular weight excluding hydrogens is 595 g/mol. The molecule has 7 nitrogen and oxygen atoms in total. The smallest absolute Gasteiger partial charge is 0.338 e. The van der Waals surface area contributed by atoms with Crippen LogP contribution in [-0.2, 0) is 16.1 Å². The molecule has 0 saturated carbocycles. The highest BCUT2D eigenvalue weighted by molar-refractivity contribution is 7.07. The minimum absolute atomic E-state index is 0.203. The standard InChI is InChI=1S/C32H28Cl2N2O5S/c1-4-39-26-16-21(8-15-25(26)41-18-20-6-11-23(33)12-7-20)17-27-30(37)36-29(22-9-13-24(34)14-10-22)28(31(38)40-5-2)19(3)35-32(36)42-27/h6-17,29H,4-5,18H2,1-3H3/b27-17+. The third-order valence-electron chi connectivity index (χ3n) is 6.58. The molecule has 0 N–H and O–H groups in total. The molecule has 0 fully saturated rings. The van der Waals surface area contributed by atoms with Gasteiger partial charge in [0.25, 0.3) is 5.56 Å². The number of hydrogen-bond donors (Lipinski definition) is 0. The van der Waals surface area contributed by atoms with Crippen molar-refractivity contribution in [1.29, 1.82) is 0 Å². The zero-order valence-corrected chi connectivity index (χ0v) is 25.6. The predicted molar refractivity (Wildman–Crippen MR) is 165 cm³/mol. The van der Waals surface area contributed by atoms with E-state index in [0.29, 0.717) is 55.4 Å². The summed E-state index contributed by atoms with van der Waals surface area (Å²) >= 11 is 13.4. The topological polar surface area (TPSA) is 79.1 Å². The molecule has 42 heavy (non-hydrogen) atoms. The number of ether oxygens (including phenoxy) is 3. The lowest BCUT2D eigenvalue weighted by Gasteiger charge is -2.24. The Bertz CT molecular complexity index is 1830. The Labute approximate surface area is 256 Å². The van der Waals surface area contributed by atoms with E-state index in [1.807, 2.05) is 49.4 Å². The lowest BCUT2D eigenvalue weighted by Crippen LogP contribution is -2.39. The van der Waals surface area contributed by atoms with E-state index in [-0.39, 0.29) is 12.2 Å². The summed E-state index contributed by atoms with van der Waals surface area (Å²) in [4.78, 5) is 32.0. The van der Waals surface area contributed by atoms with Gasteiger partial charge in [-0.3, -0.25) is 9.36 Å². The summed E-state index contributed by atoms with van der Waals surface area (Å²) < 4.78 is 19.3. The Hall–Kier alpha value is -3.85. The first-order chi connectivity index (χ1) is 20.3. The van der Waals surface area contributed by atoms with Crippen LogP contribution < -0.4 is 24.4 Å². The Morgan fingerprint density at radius 3 is 2.31 bits per heavy atom. The molecule has 0 saturated heterocycles. The quantitative estimate of drug-likeness (QED) is 0.211. The van der Waals surface area contributed by atoms with Gasteiger partial charge in [0.2, 0.25) is 0 Å². The van der Waals surface area contributed by atoms with Crippen LogP contribution in [-0.4, -0.2) is 23.8 Å². The van der Waals surface area contributed by atoms with Gasteiger partial charge in [-0.2, -0.15) is 0 Å². The molecule has 0 bridgehead atoms. The molecular formula is C32H28Cl2N2O5S. The number of aromatic nitrogens is 1. The molecule has 3 aromatic carbocycles. The average molecular weight is 624 g/mol. The van der Waals surface area contributed by atoms with Gasteiger partial charge >= 0.3 is 5.97 Å². The van der Waals surface area contributed by atoms with Gasteiger partial charge in [0.1, 0.15) is 6.61 Å². The van der Waals surface area contributed by atoms with Crippen molar-refractivity contribution in [3.05, 3.63) is 124 Å². The van der Waals surface area contributed by atoms with Gasteiger partial charge in [-0.05, 0) is 79.9 Å². The second kappa shape index (κ2) is 13.0. The molecule has 2 heterocycles. The number of esters is 1. The van der Waals surface area contributed by atoms with Crippen LogP contribution in [0.2, 0.25) is 10.0 Å². The second-order valence-electron chi connectivity index (χ2n) is 9.41. The Morgan fingerprint density at radius 2 is 1.64 bits per heavy atom. The molecule has 1 aliphatic heterocycles. The van der Waals surface area contributed by atoms with Gasteiger partial charge in [-0.1, -0.05) is 64.9 Å². The van der Waals surface area contributed by atoms with Crippen LogP contribution in [0, 0.1) is 0 Å². The van der Waals surface area contributed by atoms with Gasteiger partial charge in [-0.25, -0.2) is 9.79 Å². The Balaban J connectivity index is 1.54. The molecule has 5 rings (SSSR count). The SMILES string of the molecule is CCOC(=O)C1=C(C)N=c2s/c(=C/c3ccc(OCc4ccc(Cl)cc4)c(OCC)c3)c(=O)n2C1c1ccc(Cl)cc1. The highest BCUT2D eigenvalue weighted by Crippen LogP contribution is 2.32. The minimum Gasteiger partial charge on any atom is -0.490 e. The molecule has 0 spiro atoms. The van der Waals surface area contributed by atoms with Crippen molar-refractivity contribution in [3.8, 4) is 11.5 Å². The van der Waals surface area contributed by atoms with E-state index in [2.05, 4.69) is 4.99 Å². The summed E-state index contributed by atoms with van der Waals surface area (Å²) in [7, 11) is 0. The normalized spacial score (nSPS) is 14.8. The molecule has 1 unspecified atom stereocenters. The summed E-state index contributed by atoms with van der Waals surface area (Å²) in [5, 5.41) is 1.21. The summed E-state index contributed by atoms with van der Waals surface area (Å²) in [5.41, 5.74) is 3.01. The summed E-state index contributed by atoms with van der Waals surface area (Å²) in [6.07, 6.45) is 1.79. The van der Waals surface area contributed by atoms with Crippen molar-refractivity contribution in [3.63, 3.8) is 0 Å². The van der Waals surface area contributed by atoms with Gasteiger partial charge in [0.05, 0.1) is 35.1 Å². The van der Waals surface area contributed by atoms with Gasteiger partial charge < -0.3 is 14.2 Å². The molecule has 1 atom stereocenters. The van der Waals surface area contributed by atoms with Crippen LogP contribution in [0.4, 0.5) is 0 Å². The van der Waals surface area contributed by atoms with Crippen molar-refractivity contribution < 1.29 is 19.0 Å². The molecule has 4 aromatic rings. The number of rotatable bonds is 9. The van der Waals surface area contributed by atoms with Crippen molar-refractivity contribution in [1.82, 2.24) is 4.57 Å². The fourth-order valence-corrected chi connectivity index (χ4v) is 5.95. The van der Waals surface area contributed by atoms with E-state index in [1.54, 1.807) is 48.8 Å². The van der Waals surface area contributed by atoms with E-state index in [1.165, 1.54) is 11.3 Å². The van der Waals surface area contributed by atoms with E-state index >= 15 is 0 Å². The van der Waals surface area contributed by atoms with Gasteiger partial charge in [0, 0.05) is 10.0 Å². The van der Waals surface area contributed by atoms with Crippen LogP contribution in [0.3, 0.4) is 0 Å². The van der Waals surface area contributed by atoms with Crippen molar-refractivity contribution in [2.75, 3.05) is 13.2 Å². The lowest BCUT2D eigenvalue weighted by molar-refractivity contribution is -0.139. The molecule has 0 amide bonds. The number of halogens is 2. The van der Waals surface area contributed by atoms with Crippen LogP contribution in [0.25, 0.3) is 6.08 Å². The fourth-order valence-electron chi connectivity index (χ4n) is 4.65. The number of nitrogens with zero attached hydrogens (tertiary/aromatic N) is 2. The maximum atomic E-state index is 13.9. The van der Waals surface area contributed by atoms with E-state index in [0.717, 1.165) is 16.7 Å². The van der Waals surface area contributed by atoms with Crippen molar-refractivity contribution in [2.24, 2.45) is 4.99 Å². The monoisotopic (exact) mass is 622 g/mol. The van der Waals surface area contributed by atoms with Crippen molar-refractivity contribution >= 4 is 46.6 Å². The zero-order chi connectivity index (χ0) is 29.8. The number of allylic oxidation sites excluding steroid dienone is 1. The first-order valence-corrected chi connectivity index (χ1v) is 15.0. The van der Waals surface area contributed by atoms with E-state index in [4.69, 9.17) is 37.4 Å². The second-order valence-corrected chi connectivity index (χ2v) is 11.3. The molecule has 0 radical (unpaired) electrons. The molecule has 10 heteroatoms. The first kappa shape index (κ1) is 29.6. The number of fused-ring (bicyclic) bond motifs is 1. The zero-order valence-electron chi connectivity index (χ0n) is 23.2. The number of carbonyl (C=O) groups is 1. The Morgan fingerprint density at radius 1 is 0.952 bits per heavy atom. The van der Waals surface area contributed by atoms with E-state index < -0.39 is 12.0 Å². The van der Waals surface area contributed by atoms with Gasteiger partial charge in [0.15, 0.2) is 16.3 Å².